The van der Waals surface area contributed by atoms with Crippen LogP contribution in [0, 0.1) is 5.41 Å². The first kappa shape index (κ1) is 14.5. The second-order valence-electron chi connectivity index (χ2n) is 6.52. The molecule has 23 heavy (non-hydrogen) atoms. The third-order valence-electron chi connectivity index (χ3n) is 5.09. The predicted octanol–water partition coefficient (Wildman–Crippen LogP) is 5.45. The number of hydrogen-bond donors (Lipinski definition) is 0. The lowest BCUT2D eigenvalue weighted by molar-refractivity contribution is 0.104. The molecule has 2 unspecified atom stereocenters. The van der Waals surface area contributed by atoms with Crippen molar-refractivity contribution in [3.8, 4) is 0 Å². The predicted molar refractivity (Wildman–Crippen MR) is 97.4 cm³/mol. The van der Waals surface area contributed by atoms with Crippen LogP contribution in [0.15, 0.2) is 72.2 Å². The van der Waals surface area contributed by atoms with Crippen LogP contribution >= 0.6 is 11.8 Å². The van der Waals surface area contributed by atoms with Crippen molar-refractivity contribution in [2.75, 3.05) is 0 Å². The Kier molecular flexibility index (Phi) is 3.14. The molecule has 0 amide bonds. The molecule has 1 aliphatic carbocycles. The molecule has 1 aliphatic heterocycles. The van der Waals surface area contributed by atoms with Gasteiger partial charge in [0.05, 0.1) is 9.65 Å². The van der Waals surface area contributed by atoms with Crippen molar-refractivity contribution < 1.29 is 4.79 Å². The average molecular weight is 318 g/mol. The Morgan fingerprint density at radius 2 is 1.83 bits per heavy atom. The molecule has 0 radical (unpaired) electrons. The molecule has 0 bridgehead atoms. The number of thioether (sulfide) groups is 1. The van der Waals surface area contributed by atoms with Crippen molar-refractivity contribution >= 4 is 23.6 Å². The van der Waals surface area contributed by atoms with Gasteiger partial charge in [-0.05, 0) is 23.6 Å². The van der Waals surface area contributed by atoms with E-state index in [4.69, 9.17) is 0 Å². The molecular weight excluding hydrogens is 300 g/mol. The fraction of sp³-hybridized carbons (Fsp3) is 0.190. The molecule has 0 aromatic heterocycles. The molecule has 0 N–H and O–H groups in total. The van der Waals surface area contributed by atoms with Gasteiger partial charge in [-0.25, -0.2) is 0 Å². The Morgan fingerprint density at radius 1 is 1.13 bits per heavy atom. The number of hydrogen-bond acceptors (Lipinski definition) is 2. The lowest BCUT2D eigenvalue weighted by Crippen LogP contribution is -2.18. The molecule has 2 aromatic rings. The molecule has 2 aromatic carbocycles. The van der Waals surface area contributed by atoms with E-state index in [1.165, 1.54) is 5.56 Å². The van der Waals surface area contributed by atoms with E-state index in [0.29, 0.717) is 0 Å². The third-order valence-corrected chi connectivity index (χ3v) is 6.79. The third kappa shape index (κ3) is 2.05. The molecule has 114 valence electrons. The number of allylic oxidation sites excluding steroid dienone is 2. The molecule has 4 rings (SSSR count). The second kappa shape index (κ2) is 4.97. The van der Waals surface area contributed by atoms with E-state index in [1.54, 1.807) is 11.8 Å². The van der Waals surface area contributed by atoms with Crippen LogP contribution in [0.25, 0.3) is 6.08 Å². The van der Waals surface area contributed by atoms with Gasteiger partial charge in [0.1, 0.15) is 0 Å². The largest absolute Gasteiger partial charge is 0.288 e. The summed E-state index contributed by atoms with van der Waals surface area (Å²) in [6, 6.07) is 18.0. The first-order valence-electron chi connectivity index (χ1n) is 7.83. The maximum Gasteiger partial charge on any atom is 0.199 e. The van der Waals surface area contributed by atoms with Gasteiger partial charge < -0.3 is 0 Å². The summed E-state index contributed by atoms with van der Waals surface area (Å²) in [5, 5.41) is 0. The Morgan fingerprint density at radius 3 is 2.52 bits per heavy atom. The zero-order valence-electron chi connectivity index (χ0n) is 13.1. The SMILES string of the molecule is C=CC1(C)CC12SC(C(=O)c1ccccc1)=Cc1ccccc12. The second-order valence-corrected chi connectivity index (χ2v) is 7.86. The summed E-state index contributed by atoms with van der Waals surface area (Å²) in [5.41, 5.74) is 3.29. The number of carbonyl (C=O) groups is 1. The maximum atomic E-state index is 12.9. The topological polar surface area (TPSA) is 17.1 Å². The van der Waals surface area contributed by atoms with Crippen molar-refractivity contribution in [2.45, 2.75) is 18.1 Å². The Balaban J connectivity index is 1.81. The van der Waals surface area contributed by atoms with Gasteiger partial charge in [0.2, 0.25) is 0 Å². The first-order chi connectivity index (χ1) is 11.1. The van der Waals surface area contributed by atoms with Crippen LogP contribution in [0.3, 0.4) is 0 Å². The van der Waals surface area contributed by atoms with Crippen molar-refractivity contribution in [1.29, 1.82) is 0 Å². The highest BCUT2D eigenvalue weighted by Gasteiger charge is 2.66. The van der Waals surface area contributed by atoms with E-state index >= 15 is 0 Å². The number of carbonyl (C=O) groups excluding carboxylic acids is 1. The molecule has 1 fully saturated rings. The minimum Gasteiger partial charge on any atom is -0.288 e. The average Bonchev–Trinajstić information content (AvgIpc) is 3.20. The van der Waals surface area contributed by atoms with Gasteiger partial charge in [0, 0.05) is 11.0 Å². The number of ketones is 1. The fourth-order valence-corrected chi connectivity index (χ4v) is 5.27. The summed E-state index contributed by atoms with van der Waals surface area (Å²) in [5.74, 6) is 0.114. The smallest absolute Gasteiger partial charge is 0.199 e. The van der Waals surface area contributed by atoms with E-state index in [1.807, 2.05) is 48.6 Å². The van der Waals surface area contributed by atoms with Crippen LogP contribution in [0.1, 0.15) is 34.8 Å². The van der Waals surface area contributed by atoms with Gasteiger partial charge >= 0.3 is 0 Å². The number of Topliss-reactive ketones (excluding diaryl/α,β-unsaturated/α-hetero) is 1. The monoisotopic (exact) mass is 318 g/mol. The van der Waals surface area contributed by atoms with Gasteiger partial charge in [0.25, 0.3) is 0 Å². The zero-order chi connectivity index (χ0) is 16.1. The minimum absolute atomic E-state index is 0.0418. The normalized spacial score (nSPS) is 28.0. The summed E-state index contributed by atoms with van der Waals surface area (Å²) in [4.78, 5) is 13.7. The van der Waals surface area contributed by atoms with E-state index in [-0.39, 0.29) is 15.9 Å². The van der Waals surface area contributed by atoms with Crippen LogP contribution in [0.4, 0.5) is 0 Å². The Labute approximate surface area is 141 Å². The van der Waals surface area contributed by atoms with Crippen LogP contribution in [0.2, 0.25) is 0 Å². The molecule has 1 nitrogen and oxygen atoms in total. The van der Waals surface area contributed by atoms with E-state index < -0.39 is 0 Å². The van der Waals surface area contributed by atoms with Crippen LogP contribution in [-0.4, -0.2) is 5.78 Å². The molecular formula is C21H18OS. The van der Waals surface area contributed by atoms with Gasteiger partial charge in [-0.15, -0.1) is 18.3 Å². The standard InChI is InChI=1S/C21H18OS/c1-3-20(2)14-21(20)17-12-8-7-11-16(17)13-18(23-21)19(22)15-9-5-4-6-10-15/h3-13H,1,14H2,2H3. The van der Waals surface area contributed by atoms with Crippen LogP contribution in [-0.2, 0) is 4.75 Å². The zero-order valence-corrected chi connectivity index (χ0v) is 13.9. The Hall–Kier alpha value is -2.06. The highest BCUT2D eigenvalue weighted by molar-refractivity contribution is 8.05. The van der Waals surface area contributed by atoms with Gasteiger partial charge in [0.15, 0.2) is 5.78 Å². The molecule has 1 heterocycles. The van der Waals surface area contributed by atoms with Crippen molar-refractivity contribution in [1.82, 2.24) is 0 Å². The lowest BCUT2D eigenvalue weighted by Gasteiger charge is -2.28. The highest BCUT2D eigenvalue weighted by atomic mass is 32.2. The van der Waals surface area contributed by atoms with Gasteiger partial charge in [-0.1, -0.05) is 67.6 Å². The molecule has 0 saturated heterocycles. The summed E-state index contributed by atoms with van der Waals surface area (Å²) in [6.45, 7) is 6.26. The van der Waals surface area contributed by atoms with Gasteiger partial charge in [-0.3, -0.25) is 4.79 Å². The van der Waals surface area contributed by atoms with E-state index in [2.05, 4.69) is 31.7 Å². The highest BCUT2D eigenvalue weighted by Crippen LogP contribution is 2.74. The summed E-state index contributed by atoms with van der Waals surface area (Å²) >= 11 is 1.72. The number of rotatable bonds is 3. The number of benzene rings is 2. The molecule has 2 heteroatoms. The van der Waals surface area contributed by atoms with Gasteiger partial charge in [-0.2, -0.15) is 0 Å². The van der Waals surface area contributed by atoms with Crippen molar-refractivity contribution in [2.24, 2.45) is 5.41 Å². The summed E-state index contributed by atoms with van der Waals surface area (Å²) < 4.78 is -0.0418. The number of fused-ring (bicyclic) bond motifs is 2. The Bertz CT molecular complexity index is 836. The molecule has 1 saturated carbocycles. The minimum atomic E-state index is -0.0418. The van der Waals surface area contributed by atoms with Crippen molar-refractivity contribution in [3.05, 3.63) is 88.8 Å². The lowest BCUT2D eigenvalue weighted by atomic mass is 9.95. The van der Waals surface area contributed by atoms with Crippen LogP contribution in [0.5, 0.6) is 0 Å². The summed E-state index contributed by atoms with van der Waals surface area (Å²) in [6.07, 6.45) is 5.12. The maximum absolute atomic E-state index is 12.9. The first-order valence-corrected chi connectivity index (χ1v) is 8.65. The summed E-state index contributed by atoms with van der Waals surface area (Å²) in [7, 11) is 0. The van der Waals surface area contributed by atoms with E-state index in [9.17, 15) is 4.79 Å². The van der Waals surface area contributed by atoms with Crippen molar-refractivity contribution in [3.63, 3.8) is 0 Å². The van der Waals surface area contributed by atoms with Crippen LogP contribution < -0.4 is 0 Å². The molecule has 2 aliphatic rings. The molecule has 1 spiro atoms. The fourth-order valence-electron chi connectivity index (χ4n) is 3.51. The van der Waals surface area contributed by atoms with E-state index in [0.717, 1.165) is 22.5 Å². The quantitative estimate of drug-likeness (QED) is 0.553. The molecule has 2 atom stereocenters.